The highest BCUT2D eigenvalue weighted by atomic mass is 16.4. The van der Waals surface area contributed by atoms with Gasteiger partial charge in [0.15, 0.2) is 5.69 Å². The molecule has 4 aromatic rings. The zero-order chi connectivity index (χ0) is 15.6. The molecule has 0 amide bonds. The fourth-order valence-corrected chi connectivity index (χ4v) is 2.37. The summed E-state index contributed by atoms with van der Waals surface area (Å²) in [4.78, 5) is 0. The topological polar surface area (TPSA) is 89.9 Å². The molecule has 0 atom stereocenters. The average molecular weight is 307 g/mol. The predicted octanol–water partition coefficient (Wildman–Crippen LogP) is 2.14. The first-order chi connectivity index (χ1) is 11.3. The van der Waals surface area contributed by atoms with Gasteiger partial charge in [-0.05, 0) is 22.9 Å². The molecule has 7 nitrogen and oxygen atoms in total. The summed E-state index contributed by atoms with van der Waals surface area (Å²) in [5.74, 6) is 0.736. The van der Waals surface area contributed by atoms with E-state index in [4.69, 9.17) is 9.52 Å². The maximum Gasteiger partial charge on any atom is 0.270 e. The zero-order valence-corrected chi connectivity index (χ0v) is 12.1. The summed E-state index contributed by atoms with van der Waals surface area (Å²) in [5.41, 5.74) is 1.34. The Morgan fingerprint density at radius 2 is 1.78 bits per heavy atom. The lowest BCUT2D eigenvalue weighted by Gasteiger charge is -1.99. The van der Waals surface area contributed by atoms with Gasteiger partial charge in [0.25, 0.3) is 5.89 Å². The van der Waals surface area contributed by atoms with E-state index in [9.17, 15) is 0 Å². The predicted molar refractivity (Wildman–Crippen MR) is 83.3 cm³/mol. The van der Waals surface area contributed by atoms with E-state index in [0.29, 0.717) is 24.0 Å². The molecular formula is C16H13N5O2. The highest BCUT2D eigenvalue weighted by Gasteiger charge is 2.14. The molecule has 0 spiro atoms. The number of aliphatic hydroxyl groups is 1. The molecule has 0 aliphatic rings. The Bertz CT molecular complexity index is 960. The molecule has 0 aliphatic heterocycles. The third kappa shape index (κ3) is 2.58. The van der Waals surface area contributed by atoms with Gasteiger partial charge in [-0.2, -0.15) is 0 Å². The minimum absolute atomic E-state index is 0.00499. The molecule has 0 fully saturated rings. The van der Waals surface area contributed by atoms with Crippen LogP contribution in [0.15, 0.2) is 53.1 Å². The second-order valence-corrected chi connectivity index (χ2v) is 5.06. The highest BCUT2D eigenvalue weighted by molar-refractivity contribution is 5.86. The Kier molecular flexibility index (Phi) is 3.32. The maximum atomic E-state index is 8.90. The van der Waals surface area contributed by atoms with Crippen LogP contribution in [0.25, 0.3) is 33.8 Å². The fourth-order valence-electron chi connectivity index (χ4n) is 2.37. The minimum Gasteiger partial charge on any atom is -0.414 e. The van der Waals surface area contributed by atoms with Gasteiger partial charge >= 0.3 is 0 Å². The van der Waals surface area contributed by atoms with E-state index in [1.807, 2.05) is 36.4 Å². The maximum absolute atomic E-state index is 8.90. The molecule has 23 heavy (non-hydrogen) atoms. The molecule has 2 aromatic heterocycles. The number of hydrogen-bond acceptors (Lipinski definition) is 6. The summed E-state index contributed by atoms with van der Waals surface area (Å²) in [6.45, 7) is 0.369. The van der Waals surface area contributed by atoms with Crippen LogP contribution in [-0.2, 0) is 6.54 Å². The zero-order valence-electron chi connectivity index (χ0n) is 12.1. The quantitative estimate of drug-likeness (QED) is 0.621. The van der Waals surface area contributed by atoms with Crippen molar-refractivity contribution in [3.63, 3.8) is 0 Å². The van der Waals surface area contributed by atoms with Crippen LogP contribution in [0.4, 0.5) is 0 Å². The molecule has 0 unspecified atom stereocenters. The number of rotatable bonds is 4. The lowest BCUT2D eigenvalue weighted by atomic mass is 10.1. The van der Waals surface area contributed by atoms with Crippen molar-refractivity contribution in [3.8, 4) is 23.0 Å². The van der Waals surface area contributed by atoms with E-state index >= 15 is 0 Å². The first-order valence-electron chi connectivity index (χ1n) is 7.17. The van der Waals surface area contributed by atoms with Crippen LogP contribution in [0.3, 0.4) is 0 Å². The van der Waals surface area contributed by atoms with Gasteiger partial charge in [-0.1, -0.05) is 35.5 Å². The molecule has 2 aromatic carbocycles. The van der Waals surface area contributed by atoms with Crippen molar-refractivity contribution in [3.05, 3.63) is 48.7 Å². The van der Waals surface area contributed by atoms with E-state index in [1.54, 1.807) is 6.20 Å². The van der Waals surface area contributed by atoms with Gasteiger partial charge in [0.2, 0.25) is 5.89 Å². The number of nitrogens with zero attached hydrogens (tertiary/aromatic N) is 5. The normalized spacial score (nSPS) is 11.2. The molecular weight excluding hydrogens is 294 g/mol. The molecule has 0 saturated heterocycles. The standard InChI is InChI=1S/C16H13N5O2/c22-8-7-21-10-14(17-20-21)16-19-18-15(23-16)13-6-5-11-3-1-2-4-12(11)9-13/h1-6,9-10,22H,7-8H2. The van der Waals surface area contributed by atoms with E-state index in [2.05, 4.69) is 26.6 Å². The first kappa shape index (κ1) is 13.6. The SMILES string of the molecule is OCCn1cc(-c2nnc(-c3ccc4ccccc4c3)o2)nn1. The van der Waals surface area contributed by atoms with Gasteiger partial charge in [0.05, 0.1) is 19.3 Å². The molecule has 7 heteroatoms. The summed E-state index contributed by atoms with van der Waals surface area (Å²) in [5, 5.41) is 27.1. The fraction of sp³-hybridized carbons (Fsp3) is 0.125. The molecule has 4 rings (SSSR count). The van der Waals surface area contributed by atoms with Gasteiger partial charge < -0.3 is 9.52 Å². The van der Waals surface area contributed by atoms with Gasteiger partial charge in [-0.3, -0.25) is 0 Å². The largest absolute Gasteiger partial charge is 0.414 e. The third-order valence-corrected chi connectivity index (χ3v) is 3.51. The molecule has 0 bridgehead atoms. The van der Waals surface area contributed by atoms with Crippen molar-refractivity contribution in [2.45, 2.75) is 6.54 Å². The van der Waals surface area contributed by atoms with E-state index in [-0.39, 0.29) is 6.61 Å². The van der Waals surface area contributed by atoms with E-state index in [0.717, 1.165) is 16.3 Å². The second kappa shape index (κ2) is 5.62. The van der Waals surface area contributed by atoms with Crippen molar-refractivity contribution in [1.82, 2.24) is 25.2 Å². The summed E-state index contributed by atoms with van der Waals surface area (Å²) in [6, 6.07) is 14.1. The van der Waals surface area contributed by atoms with Crippen molar-refractivity contribution in [1.29, 1.82) is 0 Å². The summed E-state index contributed by atoms with van der Waals surface area (Å²) >= 11 is 0. The summed E-state index contributed by atoms with van der Waals surface area (Å²) < 4.78 is 7.22. The van der Waals surface area contributed by atoms with E-state index < -0.39 is 0 Å². The molecule has 114 valence electrons. The number of aliphatic hydroxyl groups excluding tert-OH is 1. The molecule has 0 radical (unpaired) electrons. The summed E-state index contributed by atoms with van der Waals surface area (Å²) in [7, 11) is 0. The van der Waals surface area contributed by atoms with Gasteiger partial charge in [-0.25, -0.2) is 4.68 Å². The van der Waals surface area contributed by atoms with Gasteiger partial charge in [-0.15, -0.1) is 15.3 Å². The Balaban J connectivity index is 1.68. The van der Waals surface area contributed by atoms with Crippen LogP contribution < -0.4 is 0 Å². The lowest BCUT2D eigenvalue weighted by molar-refractivity contribution is 0.268. The molecule has 0 saturated carbocycles. The Morgan fingerprint density at radius 1 is 0.957 bits per heavy atom. The highest BCUT2D eigenvalue weighted by Crippen LogP contribution is 2.25. The minimum atomic E-state index is -0.00499. The van der Waals surface area contributed by atoms with Gasteiger partial charge in [0, 0.05) is 5.56 Å². The number of benzene rings is 2. The number of aromatic nitrogens is 5. The molecule has 0 aliphatic carbocycles. The third-order valence-electron chi connectivity index (χ3n) is 3.51. The summed E-state index contributed by atoms with van der Waals surface area (Å²) in [6.07, 6.45) is 1.66. The first-order valence-corrected chi connectivity index (χ1v) is 7.17. The Morgan fingerprint density at radius 3 is 2.65 bits per heavy atom. The average Bonchev–Trinajstić information content (AvgIpc) is 3.24. The molecule has 1 N–H and O–H groups in total. The second-order valence-electron chi connectivity index (χ2n) is 5.06. The number of hydrogen-bond donors (Lipinski definition) is 1. The van der Waals surface area contributed by atoms with Crippen molar-refractivity contribution < 1.29 is 9.52 Å². The van der Waals surface area contributed by atoms with Crippen LogP contribution in [0.2, 0.25) is 0 Å². The van der Waals surface area contributed by atoms with Gasteiger partial charge in [0.1, 0.15) is 0 Å². The van der Waals surface area contributed by atoms with Crippen LogP contribution in [0.5, 0.6) is 0 Å². The van der Waals surface area contributed by atoms with Crippen LogP contribution >= 0.6 is 0 Å². The Hall–Kier alpha value is -3.06. The molecule has 2 heterocycles. The van der Waals surface area contributed by atoms with Crippen molar-refractivity contribution in [2.24, 2.45) is 0 Å². The monoisotopic (exact) mass is 307 g/mol. The van der Waals surface area contributed by atoms with Crippen molar-refractivity contribution in [2.75, 3.05) is 6.61 Å². The smallest absolute Gasteiger partial charge is 0.270 e. The number of fused-ring (bicyclic) bond motifs is 1. The Labute approximate surface area is 131 Å². The van der Waals surface area contributed by atoms with E-state index in [1.165, 1.54) is 4.68 Å². The van der Waals surface area contributed by atoms with Crippen molar-refractivity contribution >= 4 is 10.8 Å². The van der Waals surface area contributed by atoms with Crippen LogP contribution in [0, 0.1) is 0 Å². The lowest BCUT2D eigenvalue weighted by Crippen LogP contribution is -2.01. The van der Waals surface area contributed by atoms with Crippen LogP contribution in [0.1, 0.15) is 0 Å². The van der Waals surface area contributed by atoms with Crippen LogP contribution in [-0.4, -0.2) is 36.9 Å².